The summed E-state index contributed by atoms with van der Waals surface area (Å²) in [5.74, 6) is -0.229. The molecule has 1 atom stereocenters. The molecule has 2 aliphatic rings. The number of piperidine rings is 1. The maximum Gasteiger partial charge on any atom is 0.276 e. The first-order chi connectivity index (χ1) is 16.3. The van der Waals surface area contributed by atoms with Crippen molar-refractivity contribution in [3.63, 3.8) is 0 Å². The molecule has 0 spiro atoms. The number of benzene rings is 1. The molecule has 34 heavy (non-hydrogen) atoms. The Labute approximate surface area is 193 Å². The highest BCUT2D eigenvalue weighted by Crippen LogP contribution is 2.29. The lowest BCUT2D eigenvalue weighted by molar-refractivity contribution is -0.136. The molecular formula is C21H21N9O4. The molecule has 174 valence electrons. The van der Waals surface area contributed by atoms with Gasteiger partial charge in [-0.1, -0.05) is 5.21 Å². The molecule has 2 N–H and O–H groups in total. The molecule has 2 aliphatic heterocycles. The summed E-state index contributed by atoms with van der Waals surface area (Å²) in [6.45, 7) is 2.24. The maximum atomic E-state index is 12.9. The molecule has 4 amide bonds. The third kappa shape index (κ3) is 3.80. The largest absolute Gasteiger partial charge is 0.333 e. The van der Waals surface area contributed by atoms with Crippen molar-refractivity contribution in [2.45, 2.75) is 38.9 Å². The zero-order valence-corrected chi connectivity index (χ0v) is 18.5. The zero-order valence-electron chi connectivity index (χ0n) is 18.5. The number of hydrogen-bond donors (Lipinski definition) is 2. The number of nitrogens with one attached hydrogen (secondary N) is 2. The molecule has 0 radical (unpaired) electrons. The molecule has 2 aromatic heterocycles. The average molecular weight is 463 g/mol. The number of imide groups is 1. The second kappa shape index (κ2) is 8.17. The van der Waals surface area contributed by atoms with Crippen molar-refractivity contribution < 1.29 is 19.2 Å². The zero-order chi connectivity index (χ0) is 24.0. The van der Waals surface area contributed by atoms with Gasteiger partial charge in [-0.25, -0.2) is 9.67 Å². The van der Waals surface area contributed by atoms with Gasteiger partial charge in [0.25, 0.3) is 11.8 Å². The Morgan fingerprint density at radius 1 is 1.26 bits per heavy atom. The van der Waals surface area contributed by atoms with Gasteiger partial charge in [0, 0.05) is 25.6 Å². The summed E-state index contributed by atoms with van der Waals surface area (Å²) in [5, 5.41) is 17.1. The standard InChI is InChI=1S/C21H21N9O4/c1-11-22-17(26-24-11)10-28(2)21(34)15-9-30(27-25-15)13-3-4-14-12(7-13)8-29(20(14)33)16-5-6-18(31)23-19(16)32/h3-4,7,9,16H,5-6,8,10H2,1-2H3,(H,22,24,26)(H,23,31,32). The molecule has 4 heterocycles. The molecule has 1 aromatic carbocycles. The topological polar surface area (TPSA) is 159 Å². The van der Waals surface area contributed by atoms with Crippen molar-refractivity contribution in [2.24, 2.45) is 0 Å². The summed E-state index contributed by atoms with van der Waals surface area (Å²) < 4.78 is 1.46. The van der Waals surface area contributed by atoms with Crippen LogP contribution >= 0.6 is 0 Å². The van der Waals surface area contributed by atoms with Gasteiger partial charge in [0.15, 0.2) is 11.5 Å². The minimum Gasteiger partial charge on any atom is -0.333 e. The number of amides is 4. The highest BCUT2D eigenvalue weighted by atomic mass is 16.2. The molecule has 1 saturated heterocycles. The Hall–Kier alpha value is -4.42. The van der Waals surface area contributed by atoms with Crippen LogP contribution in [-0.2, 0) is 22.7 Å². The van der Waals surface area contributed by atoms with Gasteiger partial charge in [-0.2, -0.15) is 5.10 Å². The Kier molecular flexibility index (Phi) is 5.15. The smallest absolute Gasteiger partial charge is 0.276 e. The summed E-state index contributed by atoms with van der Waals surface area (Å²) in [6.07, 6.45) is 2.01. The molecule has 5 rings (SSSR count). The van der Waals surface area contributed by atoms with Gasteiger partial charge in [-0.15, -0.1) is 5.10 Å². The number of aromatic amines is 1. The van der Waals surface area contributed by atoms with Gasteiger partial charge in [0.05, 0.1) is 18.4 Å². The van der Waals surface area contributed by atoms with E-state index in [-0.39, 0.29) is 42.9 Å². The van der Waals surface area contributed by atoms with Crippen LogP contribution in [0.3, 0.4) is 0 Å². The predicted octanol–water partition coefficient (Wildman–Crippen LogP) is -0.273. The normalized spacial score (nSPS) is 17.6. The molecule has 13 heteroatoms. The van der Waals surface area contributed by atoms with E-state index in [1.54, 1.807) is 32.2 Å². The van der Waals surface area contributed by atoms with Crippen LogP contribution < -0.4 is 5.32 Å². The number of rotatable bonds is 5. The van der Waals surface area contributed by atoms with Gasteiger partial charge in [-0.3, -0.25) is 29.6 Å². The van der Waals surface area contributed by atoms with E-state index >= 15 is 0 Å². The van der Waals surface area contributed by atoms with E-state index in [2.05, 4.69) is 30.8 Å². The number of fused-ring (bicyclic) bond motifs is 1. The monoisotopic (exact) mass is 463 g/mol. The van der Waals surface area contributed by atoms with Crippen LogP contribution in [0, 0.1) is 6.92 Å². The minimum atomic E-state index is -0.681. The molecule has 3 aromatic rings. The summed E-state index contributed by atoms with van der Waals surface area (Å²) in [7, 11) is 1.62. The summed E-state index contributed by atoms with van der Waals surface area (Å²) in [4.78, 5) is 56.4. The second-order valence-corrected chi connectivity index (χ2v) is 8.29. The van der Waals surface area contributed by atoms with Crippen molar-refractivity contribution in [1.29, 1.82) is 0 Å². The van der Waals surface area contributed by atoms with E-state index in [0.717, 1.165) is 5.56 Å². The minimum absolute atomic E-state index is 0.150. The molecule has 0 saturated carbocycles. The van der Waals surface area contributed by atoms with Gasteiger partial charge in [0.2, 0.25) is 11.8 Å². The lowest BCUT2D eigenvalue weighted by atomic mass is 10.0. The number of nitrogens with zero attached hydrogens (tertiary/aromatic N) is 7. The number of carbonyl (C=O) groups is 4. The fourth-order valence-corrected chi connectivity index (χ4v) is 4.13. The molecule has 0 aliphatic carbocycles. The van der Waals surface area contributed by atoms with Crippen LogP contribution in [0.25, 0.3) is 5.69 Å². The van der Waals surface area contributed by atoms with E-state index in [1.165, 1.54) is 20.7 Å². The number of carbonyl (C=O) groups excluding carboxylic acids is 4. The van der Waals surface area contributed by atoms with E-state index in [0.29, 0.717) is 29.3 Å². The lowest BCUT2D eigenvalue weighted by Gasteiger charge is -2.29. The van der Waals surface area contributed by atoms with Gasteiger partial charge in [0.1, 0.15) is 11.9 Å². The van der Waals surface area contributed by atoms with Crippen LogP contribution in [0.1, 0.15) is 50.9 Å². The van der Waals surface area contributed by atoms with E-state index in [9.17, 15) is 19.2 Å². The van der Waals surface area contributed by atoms with Gasteiger partial charge in [-0.05, 0) is 37.1 Å². The first kappa shape index (κ1) is 21.4. The summed E-state index contributed by atoms with van der Waals surface area (Å²) >= 11 is 0. The number of aromatic nitrogens is 6. The third-order valence-electron chi connectivity index (χ3n) is 5.85. The molecular weight excluding hydrogens is 442 g/mol. The maximum absolute atomic E-state index is 12.9. The fraction of sp³-hybridized carbons (Fsp3) is 0.333. The van der Waals surface area contributed by atoms with Crippen LogP contribution in [0.5, 0.6) is 0 Å². The van der Waals surface area contributed by atoms with E-state index < -0.39 is 11.9 Å². The van der Waals surface area contributed by atoms with E-state index in [1.807, 2.05) is 0 Å². The number of hydrogen-bond acceptors (Lipinski definition) is 8. The van der Waals surface area contributed by atoms with Crippen LogP contribution in [0.2, 0.25) is 0 Å². The van der Waals surface area contributed by atoms with Crippen LogP contribution in [-0.4, -0.2) is 76.7 Å². The van der Waals surface area contributed by atoms with Crippen LogP contribution in [0.15, 0.2) is 24.4 Å². The average Bonchev–Trinajstić information content (AvgIpc) is 3.53. The van der Waals surface area contributed by atoms with Crippen LogP contribution in [0.4, 0.5) is 0 Å². The van der Waals surface area contributed by atoms with Crippen molar-refractivity contribution in [2.75, 3.05) is 7.05 Å². The molecule has 13 nitrogen and oxygen atoms in total. The number of H-pyrrole nitrogens is 1. The quantitative estimate of drug-likeness (QED) is 0.489. The molecule has 1 fully saturated rings. The lowest BCUT2D eigenvalue weighted by Crippen LogP contribution is -2.52. The second-order valence-electron chi connectivity index (χ2n) is 8.29. The highest BCUT2D eigenvalue weighted by Gasteiger charge is 2.39. The van der Waals surface area contributed by atoms with Crippen molar-refractivity contribution in [3.8, 4) is 5.69 Å². The SMILES string of the molecule is Cc1nc(CN(C)C(=O)c2cn(-c3ccc4c(c3)CN(C3CCC(=O)NC3=O)C4=O)nn2)n[nH]1. The summed E-state index contributed by atoms with van der Waals surface area (Å²) in [6, 6.07) is 4.47. The first-order valence-corrected chi connectivity index (χ1v) is 10.6. The first-order valence-electron chi connectivity index (χ1n) is 10.6. The Morgan fingerprint density at radius 2 is 2.09 bits per heavy atom. The highest BCUT2D eigenvalue weighted by molar-refractivity contribution is 6.05. The molecule has 0 bridgehead atoms. The van der Waals surface area contributed by atoms with Gasteiger partial charge < -0.3 is 9.80 Å². The number of aryl methyl sites for hydroxylation is 1. The predicted molar refractivity (Wildman–Crippen MR) is 114 cm³/mol. The fourth-order valence-electron chi connectivity index (χ4n) is 4.13. The Balaban J connectivity index is 1.31. The third-order valence-corrected chi connectivity index (χ3v) is 5.85. The Morgan fingerprint density at radius 3 is 2.82 bits per heavy atom. The summed E-state index contributed by atoms with van der Waals surface area (Å²) in [5.41, 5.74) is 1.99. The Bertz CT molecular complexity index is 1330. The molecule has 1 unspecified atom stereocenters. The van der Waals surface area contributed by atoms with E-state index in [4.69, 9.17) is 0 Å². The van der Waals surface area contributed by atoms with Crippen molar-refractivity contribution >= 4 is 23.6 Å². The van der Waals surface area contributed by atoms with Crippen molar-refractivity contribution in [1.82, 2.24) is 45.3 Å². The van der Waals surface area contributed by atoms with Gasteiger partial charge >= 0.3 is 0 Å². The van der Waals surface area contributed by atoms with Crippen molar-refractivity contribution in [3.05, 3.63) is 52.9 Å².